The van der Waals surface area contributed by atoms with Gasteiger partial charge in [0.15, 0.2) is 5.13 Å². The van der Waals surface area contributed by atoms with Crippen LogP contribution in [0.1, 0.15) is 12.0 Å². The van der Waals surface area contributed by atoms with Gasteiger partial charge >= 0.3 is 0 Å². The monoisotopic (exact) mass is 425 g/mol. The number of amides is 1. The van der Waals surface area contributed by atoms with Crippen LogP contribution in [0.25, 0.3) is 17.3 Å². The number of nitrogens with one attached hydrogen (secondary N) is 1. The number of sulfonamides is 1. The summed E-state index contributed by atoms with van der Waals surface area (Å²) in [6, 6.07) is 16.9. The van der Waals surface area contributed by atoms with Gasteiger partial charge < -0.3 is 0 Å². The third-order valence-corrected chi connectivity index (χ3v) is 7.14. The van der Waals surface area contributed by atoms with Crippen LogP contribution in [0.4, 0.5) is 10.8 Å². The van der Waals surface area contributed by atoms with Crippen molar-refractivity contribution in [3.05, 3.63) is 71.6 Å². The van der Waals surface area contributed by atoms with Crippen molar-refractivity contribution in [2.24, 2.45) is 0 Å². The van der Waals surface area contributed by atoms with E-state index in [4.69, 9.17) is 0 Å². The Morgan fingerprint density at radius 2 is 1.86 bits per heavy atom. The van der Waals surface area contributed by atoms with Gasteiger partial charge in [-0.25, -0.2) is 13.4 Å². The summed E-state index contributed by atoms with van der Waals surface area (Å²) >= 11 is 1.37. The fourth-order valence-corrected chi connectivity index (χ4v) is 5.36. The van der Waals surface area contributed by atoms with Crippen molar-refractivity contribution in [3.8, 4) is 11.3 Å². The molecule has 6 nitrogen and oxygen atoms in total. The lowest BCUT2D eigenvalue weighted by atomic mass is 10.2. The summed E-state index contributed by atoms with van der Waals surface area (Å²) in [7, 11) is -3.19. The van der Waals surface area contributed by atoms with Crippen molar-refractivity contribution in [2.45, 2.75) is 6.42 Å². The smallest absolute Gasteiger partial charge is 0.250 e. The Kier molecular flexibility index (Phi) is 5.46. The molecule has 1 fully saturated rings. The van der Waals surface area contributed by atoms with Crippen LogP contribution in [0.5, 0.6) is 0 Å². The van der Waals surface area contributed by atoms with E-state index in [1.54, 1.807) is 30.3 Å². The number of rotatable bonds is 5. The zero-order valence-corrected chi connectivity index (χ0v) is 17.1. The third-order valence-electron chi connectivity index (χ3n) is 4.51. The highest BCUT2D eigenvalue weighted by Gasteiger charge is 2.28. The Labute approximate surface area is 173 Å². The van der Waals surface area contributed by atoms with Gasteiger partial charge in [0, 0.05) is 23.6 Å². The second-order valence-corrected chi connectivity index (χ2v) is 9.43. The lowest BCUT2D eigenvalue weighted by molar-refractivity contribution is -0.111. The van der Waals surface area contributed by atoms with Crippen molar-refractivity contribution in [2.75, 3.05) is 21.9 Å². The Morgan fingerprint density at radius 1 is 1.10 bits per heavy atom. The molecule has 4 rings (SSSR count). The average molecular weight is 426 g/mol. The second-order valence-electron chi connectivity index (χ2n) is 6.56. The second kappa shape index (κ2) is 8.18. The van der Waals surface area contributed by atoms with Gasteiger partial charge in [-0.15, -0.1) is 11.3 Å². The first kappa shape index (κ1) is 19.4. The molecule has 0 atom stereocenters. The number of nitrogens with zero attached hydrogens (tertiary/aromatic N) is 2. The highest BCUT2D eigenvalue weighted by atomic mass is 32.2. The van der Waals surface area contributed by atoms with E-state index in [1.165, 1.54) is 21.7 Å². The molecule has 29 heavy (non-hydrogen) atoms. The zero-order chi connectivity index (χ0) is 20.3. The Morgan fingerprint density at radius 3 is 2.55 bits per heavy atom. The van der Waals surface area contributed by atoms with Crippen molar-refractivity contribution < 1.29 is 13.2 Å². The normalized spacial score (nSPS) is 15.7. The summed E-state index contributed by atoms with van der Waals surface area (Å²) in [6.45, 7) is 0.513. The summed E-state index contributed by atoms with van der Waals surface area (Å²) in [5, 5.41) is 5.20. The predicted octanol–water partition coefficient (Wildman–Crippen LogP) is 4.00. The van der Waals surface area contributed by atoms with Gasteiger partial charge in [-0.2, -0.15) is 0 Å². The summed E-state index contributed by atoms with van der Waals surface area (Å²) < 4.78 is 25.4. The number of hydrogen-bond acceptors (Lipinski definition) is 5. The van der Waals surface area contributed by atoms with Crippen LogP contribution < -0.4 is 9.62 Å². The summed E-state index contributed by atoms with van der Waals surface area (Å²) in [4.78, 5) is 16.6. The van der Waals surface area contributed by atoms with E-state index in [9.17, 15) is 13.2 Å². The standard InChI is InChI=1S/C21H19N3O3S2/c25-20(23-21-22-19(15-28-21)17-5-2-1-3-6-17)12-9-16-7-10-18(11-8-16)24-13-4-14-29(24,26)27/h1-3,5-12,15H,4,13-14H2,(H,22,23,25)/b12-9+. The molecule has 1 aliphatic heterocycles. The SMILES string of the molecule is O=C(/C=C/c1ccc(N2CCCS2(=O)=O)cc1)Nc1nc(-c2ccccc2)cs1. The maximum atomic E-state index is 12.2. The first-order valence-corrected chi connectivity index (χ1v) is 11.6. The molecule has 3 aromatic rings. The molecule has 1 saturated heterocycles. The minimum atomic E-state index is -3.19. The van der Waals surface area contributed by atoms with Crippen LogP contribution in [0.2, 0.25) is 0 Å². The number of carbonyl (C=O) groups is 1. The Hall–Kier alpha value is -2.97. The molecule has 2 aromatic carbocycles. The van der Waals surface area contributed by atoms with Gasteiger partial charge in [0.25, 0.3) is 0 Å². The number of carbonyl (C=O) groups excluding carboxylic acids is 1. The fraction of sp³-hybridized carbons (Fsp3) is 0.143. The third kappa shape index (κ3) is 4.55. The van der Waals surface area contributed by atoms with Gasteiger partial charge in [-0.05, 0) is 30.2 Å². The molecule has 0 saturated carbocycles. The largest absolute Gasteiger partial charge is 0.298 e. The van der Waals surface area contributed by atoms with Gasteiger partial charge in [-0.1, -0.05) is 42.5 Å². The molecule has 1 aromatic heterocycles. The predicted molar refractivity (Wildman–Crippen MR) is 117 cm³/mol. The molecule has 0 aliphatic carbocycles. The fourth-order valence-electron chi connectivity index (χ4n) is 3.07. The van der Waals surface area contributed by atoms with Gasteiger partial charge in [0.05, 0.1) is 17.1 Å². The van der Waals surface area contributed by atoms with Crippen molar-refractivity contribution in [3.63, 3.8) is 0 Å². The Balaban J connectivity index is 1.38. The van der Waals surface area contributed by atoms with E-state index in [1.807, 2.05) is 35.7 Å². The quantitative estimate of drug-likeness (QED) is 0.627. The van der Waals surface area contributed by atoms with Crippen LogP contribution >= 0.6 is 11.3 Å². The molecule has 0 radical (unpaired) electrons. The number of benzene rings is 2. The highest BCUT2D eigenvalue weighted by molar-refractivity contribution is 7.93. The minimum absolute atomic E-state index is 0.192. The number of thiazole rings is 1. The van der Waals surface area contributed by atoms with E-state index in [0.717, 1.165) is 16.8 Å². The van der Waals surface area contributed by atoms with Crippen LogP contribution in [0, 0.1) is 0 Å². The molecular weight excluding hydrogens is 406 g/mol. The molecule has 0 unspecified atom stereocenters. The number of hydrogen-bond donors (Lipinski definition) is 1. The van der Waals surface area contributed by atoms with E-state index < -0.39 is 10.0 Å². The first-order valence-electron chi connectivity index (χ1n) is 9.12. The molecule has 1 aliphatic rings. The molecule has 8 heteroatoms. The topological polar surface area (TPSA) is 79.4 Å². The molecule has 1 amide bonds. The average Bonchev–Trinajstić information content (AvgIpc) is 3.33. The lowest BCUT2D eigenvalue weighted by Crippen LogP contribution is -2.24. The van der Waals surface area contributed by atoms with E-state index in [2.05, 4.69) is 10.3 Å². The van der Waals surface area contributed by atoms with E-state index >= 15 is 0 Å². The molecule has 148 valence electrons. The summed E-state index contributed by atoms with van der Waals surface area (Å²) in [6.07, 6.45) is 3.77. The molecule has 1 N–H and O–H groups in total. The number of aromatic nitrogens is 1. The molecule has 0 spiro atoms. The first-order chi connectivity index (χ1) is 14.0. The molecule has 2 heterocycles. The zero-order valence-electron chi connectivity index (χ0n) is 15.5. The van der Waals surface area contributed by atoms with Crippen molar-refractivity contribution in [1.29, 1.82) is 0 Å². The highest BCUT2D eigenvalue weighted by Crippen LogP contribution is 2.25. The van der Waals surface area contributed by atoms with Crippen LogP contribution in [-0.2, 0) is 14.8 Å². The van der Waals surface area contributed by atoms with Crippen LogP contribution in [0.15, 0.2) is 66.1 Å². The van der Waals surface area contributed by atoms with E-state index in [-0.39, 0.29) is 11.7 Å². The van der Waals surface area contributed by atoms with Crippen molar-refractivity contribution >= 4 is 44.2 Å². The maximum Gasteiger partial charge on any atom is 0.250 e. The van der Waals surface area contributed by atoms with Gasteiger partial charge in [-0.3, -0.25) is 14.4 Å². The summed E-state index contributed by atoms with van der Waals surface area (Å²) in [5.41, 5.74) is 3.28. The number of anilines is 2. The molecule has 0 bridgehead atoms. The summed E-state index contributed by atoms with van der Waals surface area (Å²) in [5.74, 6) is -0.0810. The minimum Gasteiger partial charge on any atom is -0.298 e. The van der Waals surface area contributed by atoms with Gasteiger partial charge in [0.2, 0.25) is 15.9 Å². The molecular formula is C21H19N3O3S2. The van der Waals surface area contributed by atoms with E-state index in [0.29, 0.717) is 23.8 Å². The lowest BCUT2D eigenvalue weighted by Gasteiger charge is -2.16. The van der Waals surface area contributed by atoms with Crippen molar-refractivity contribution in [1.82, 2.24) is 4.98 Å². The maximum absolute atomic E-state index is 12.2. The van der Waals surface area contributed by atoms with Crippen LogP contribution in [0.3, 0.4) is 0 Å². The van der Waals surface area contributed by atoms with Crippen LogP contribution in [-0.4, -0.2) is 31.6 Å². The van der Waals surface area contributed by atoms with Gasteiger partial charge in [0.1, 0.15) is 0 Å². The Bertz CT molecular complexity index is 1140.